The Labute approximate surface area is 137 Å². The lowest BCUT2D eigenvalue weighted by atomic mass is 10.3. The Balaban J connectivity index is 2.44. The first-order valence-corrected chi connectivity index (χ1v) is 7.33. The summed E-state index contributed by atoms with van der Waals surface area (Å²) in [5.74, 6) is -0.639. The van der Waals surface area contributed by atoms with Gasteiger partial charge in [0.05, 0.1) is 21.7 Å². The fourth-order valence-electron chi connectivity index (χ4n) is 1.25. The van der Waals surface area contributed by atoms with E-state index in [0.29, 0.717) is 6.61 Å². The fourth-order valence-corrected chi connectivity index (χ4v) is 1.82. The number of hydrogen-bond donors (Lipinski definition) is 1. The number of nitrogens with one attached hydrogen (secondary N) is 1. The van der Waals surface area contributed by atoms with Crippen LogP contribution in [-0.2, 0) is 9.53 Å². The number of hydrogen-bond acceptors (Lipinski definition) is 4. The van der Waals surface area contributed by atoms with Gasteiger partial charge in [-0.2, -0.15) is 0 Å². The van der Waals surface area contributed by atoms with Gasteiger partial charge in [-0.3, -0.25) is 0 Å². The Hall–Kier alpha value is -1.17. The molecule has 0 aliphatic rings. The van der Waals surface area contributed by atoms with Gasteiger partial charge in [0.15, 0.2) is 5.75 Å². The van der Waals surface area contributed by atoms with Gasteiger partial charge in [-0.1, -0.05) is 48.1 Å². The van der Waals surface area contributed by atoms with E-state index in [4.69, 9.17) is 44.3 Å². The van der Waals surface area contributed by atoms with Crippen molar-refractivity contribution in [3.8, 4) is 5.75 Å². The number of ether oxygens (including phenoxy) is 2. The van der Waals surface area contributed by atoms with Crippen LogP contribution in [-0.4, -0.2) is 25.2 Å². The number of amides is 1. The van der Waals surface area contributed by atoms with Crippen molar-refractivity contribution in [2.75, 3.05) is 13.2 Å². The lowest BCUT2D eigenvalue weighted by Crippen LogP contribution is -2.32. The van der Waals surface area contributed by atoms with Crippen LogP contribution in [0.15, 0.2) is 12.1 Å². The minimum absolute atomic E-state index is 0.0669. The van der Waals surface area contributed by atoms with E-state index in [9.17, 15) is 9.59 Å². The number of rotatable bonds is 6. The molecule has 0 saturated heterocycles. The van der Waals surface area contributed by atoms with Gasteiger partial charge in [0.2, 0.25) is 0 Å². The average Bonchev–Trinajstić information content (AvgIpc) is 2.43. The molecule has 0 bridgehead atoms. The van der Waals surface area contributed by atoms with Crippen LogP contribution >= 0.6 is 34.8 Å². The zero-order chi connectivity index (χ0) is 15.8. The number of alkyl carbamates (subject to hydrolysis) is 1. The first-order chi connectivity index (χ1) is 9.93. The lowest BCUT2D eigenvalue weighted by Gasteiger charge is -2.09. The Morgan fingerprint density at radius 3 is 2.48 bits per heavy atom. The molecule has 0 saturated carbocycles. The van der Waals surface area contributed by atoms with Crippen molar-refractivity contribution in [3.63, 3.8) is 0 Å². The van der Waals surface area contributed by atoms with Gasteiger partial charge >= 0.3 is 12.1 Å². The van der Waals surface area contributed by atoms with Gasteiger partial charge in [0.25, 0.3) is 0 Å². The third-order valence-electron chi connectivity index (χ3n) is 2.31. The van der Waals surface area contributed by atoms with E-state index in [2.05, 4.69) is 5.32 Å². The zero-order valence-electron chi connectivity index (χ0n) is 11.3. The number of carbonyl (C=O) groups is 2. The predicted octanol–water partition coefficient (Wildman–Crippen LogP) is 4.08. The smallest absolute Gasteiger partial charge is 0.407 e. The molecule has 1 aromatic rings. The second kappa shape index (κ2) is 8.97. The standard InChI is InChI=1S/C13H14Cl3NO4/c1-2-3-4-20-13(19)17-7-12(18)21-11-6-9(15)8(14)5-10(11)16/h5-6H,2-4,7H2,1H3,(H,17,19). The molecule has 1 rings (SSSR count). The molecule has 8 heteroatoms. The van der Waals surface area contributed by atoms with E-state index in [-0.39, 0.29) is 27.4 Å². The second-order valence-corrected chi connectivity index (χ2v) is 5.24. The molecule has 0 atom stereocenters. The molecule has 0 spiro atoms. The third-order valence-corrected chi connectivity index (χ3v) is 3.32. The molecule has 1 N–H and O–H groups in total. The minimum atomic E-state index is -0.706. The van der Waals surface area contributed by atoms with Crippen LogP contribution in [0.5, 0.6) is 5.75 Å². The van der Waals surface area contributed by atoms with Crippen LogP contribution in [0.25, 0.3) is 0 Å². The van der Waals surface area contributed by atoms with E-state index in [1.54, 1.807) is 0 Å². The van der Waals surface area contributed by atoms with Crippen molar-refractivity contribution < 1.29 is 19.1 Å². The van der Waals surface area contributed by atoms with Gasteiger partial charge in [-0.15, -0.1) is 0 Å². The maximum Gasteiger partial charge on any atom is 0.407 e. The monoisotopic (exact) mass is 353 g/mol. The van der Waals surface area contributed by atoms with Crippen molar-refractivity contribution in [2.45, 2.75) is 19.8 Å². The summed E-state index contributed by atoms with van der Waals surface area (Å²) < 4.78 is 9.79. The molecule has 0 heterocycles. The van der Waals surface area contributed by atoms with Crippen molar-refractivity contribution in [2.24, 2.45) is 0 Å². The van der Waals surface area contributed by atoms with E-state index in [1.165, 1.54) is 12.1 Å². The van der Waals surface area contributed by atoms with Crippen LogP contribution in [0, 0.1) is 0 Å². The summed E-state index contributed by atoms with van der Waals surface area (Å²) in [5, 5.41) is 2.86. The first-order valence-electron chi connectivity index (χ1n) is 6.20. The molecule has 1 aromatic carbocycles. The number of carbonyl (C=O) groups excluding carboxylic acids is 2. The van der Waals surface area contributed by atoms with Crippen molar-refractivity contribution in [1.82, 2.24) is 5.32 Å². The molecule has 21 heavy (non-hydrogen) atoms. The minimum Gasteiger partial charge on any atom is -0.450 e. The van der Waals surface area contributed by atoms with Crippen LogP contribution in [0.2, 0.25) is 15.1 Å². The van der Waals surface area contributed by atoms with Gasteiger partial charge in [-0.25, -0.2) is 9.59 Å². The highest BCUT2D eigenvalue weighted by Gasteiger charge is 2.13. The zero-order valence-corrected chi connectivity index (χ0v) is 13.5. The van der Waals surface area contributed by atoms with Gasteiger partial charge < -0.3 is 14.8 Å². The summed E-state index contributed by atoms with van der Waals surface area (Å²) in [7, 11) is 0. The van der Waals surface area contributed by atoms with E-state index >= 15 is 0 Å². The Kier molecular flexibility index (Phi) is 7.64. The van der Waals surface area contributed by atoms with Crippen LogP contribution in [0.4, 0.5) is 4.79 Å². The average molecular weight is 355 g/mol. The topological polar surface area (TPSA) is 64.6 Å². The number of esters is 1. The number of halogens is 3. The molecular weight excluding hydrogens is 341 g/mol. The molecule has 0 aromatic heterocycles. The Morgan fingerprint density at radius 2 is 1.81 bits per heavy atom. The third kappa shape index (κ3) is 6.42. The van der Waals surface area contributed by atoms with Crippen molar-refractivity contribution >= 4 is 46.9 Å². The maximum atomic E-state index is 11.6. The summed E-state index contributed by atoms with van der Waals surface area (Å²) in [5.41, 5.74) is 0. The highest BCUT2D eigenvalue weighted by atomic mass is 35.5. The fraction of sp³-hybridized carbons (Fsp3) is 0.385. The molecule has 0 unspecified atom stereocenters. The highest BCUT2D eigenvalue weighted by Crippen LogP contribution is 2.33. The summed E-state index contributed by atoms with van der Waals surface area (Å²) in [4.78, 5) is 22.8. The van der Waals surface area contributed by atoms with Gasteiger partial charge in [0, 0.05) is 6.07 Å². The number of unbranched alkanes of at least 4 members (excludes halogenated alkanes) is 1. The molecular formula is C13H14Cl3NO4. The highest BCUT2D eigenvalue weighted by molar-refractivity contribution is 6.43. The molecule has 5 nitrogen and oxygen atoms in total. The lowest BCUT2D eigenvalue weighted by molar-refractivity contribution is -0.133. The van der Waals surface area contributed by atoms with Crippen molar-refractivity contribution in [1.29, 1.82) is 0 Å². The predicted molar refractivity (Wildman–Crippen MR) is 81.4 cm³/mol. The molecule has 116 valence electrons. The molecule has 0 radical (unpaired) electrons. The summed E-state index contributed by atoms with van der Waals surface area (Å²) in [6, 6.07) is 2.68. The summed E-state index contributed by atoms with van der Waals surface area (Å²) in [6.45, 7) is 1.93. The molecule has 1 amide bonds. The first kappa shape index (κ1) is 17.9. The number of benzene rings is 1. The molecule has 0 aliphatic heterocycles. The second-order valence-electron chi connectivity index (χ2n) is 4.01. The molecule has 0 aliphatic carbocycles. The van der Waals surface area contributed by atoms with E-state index in [1.807, 2.05) is 6.92 Å². The van der Waals surface area contributed by atoms with Crippen molar-refractivity contribution in [3.05, 3.63) is 27.2 Å². The largest absolute Gasteiger partial charge is 0.450 e. The van der Waals surface area contributed by atoms with Gasteiger partial charge in [0.1, 0.15) is 6.54 Å². The van der Waals surface area contributed by atoms with Gasteiger partial charge in [-0.05, 0) is 12.5 Å². The van der Waals surface area contributed by atoms with Crippen LogP contribution in [0.3, 0.4) is 0 Å². The van der Waals surface area contributed by atoms with E-state index < -0.39 is 12.1 Å². The van der Waals surface area contributed by atoms with Crippen LogP contribution in [0.1, 0.15) is 19.8 Å². The Morgan fingerprint density at radius 1 is 1.14 bits per heavy atom. The van der Waals surface area contributed by atoms with E-state index in [0.717, 1.165) is 12.8 Å². The normalized spacial score (nSPS) is 10.1. The summed E-state index contributed by atoms with van der Waals surface area (Å²) in [6.07, 6.45) is 0.989. The summed E-state index contributed by atoms with van der Waals surface area (Å²) >= 11 is 17.4. The SMILES string of the molecule is CCCCOC(=O)NCC(=O)Oc1cc(Cl)c(Cl)cc1Cl. The Bertz CT molecular complexity index is 522. The quantitative estimate of drug-likeness (QED) is 0.362. The maximum absolute atomic E-state index is 11.6. The molecule has 0 fully saturated rings. The van der Waals surface area contributed by atoms with Crippen LogP contribution < -0.4 is 10.1 Å².